The highest BCUT2D eigenvalue weighted by atomic mass is 32.1. The summed E-state index contributed by atoms with van der Waals surface area (Å²) in [4.78, 5) is 0. The lowest BCUT2D eigenvalue weighted by Gasteiger charge is -2.14. The topological polar surface area (TPSA) is 24.1 Å². The molecule has 0 aromatic heterocycles. The Bertz CT molecular complexity index is 111. The Morgan fingerprint density at radius 1 is 1.38 bits per heavy atom. The van der Waals surface area contributed by atoms with Crippen LogP contribution in [0.5, 0.6) is 0 Å². The van der Waals surface area contributed by atoms with Crippen molar-refractivity contribution < 1.29 is 0 Å². The summed E-state index contributed by atoms with van der Waals surface area (Å²) >= 11 is 4.19. The van der Waals surface area contributed by atoms with Crippen molar-refractivity contribution in [2.24, 2.45) is 5.92 Å². The molecular weight excluding hydrogens is 180 g/mol. The van der Waals surface area contributed by atoms with E-state index in [2.05, 4.69) is 23.3 Å². The number of nitrogens with one attached hydrogen (secondary N) is 2. The van der Waals surface area contributed by atoms with E-state index in [1.807, 2.05) is 0 Å². The lowest BCUT2D eigenvalue weighted by Crippen LogP contribution is -2.30. The van der Waals surface area contributed by atoms with Crippen LogP contribution in [0.25, 0.3) is 0 Å². The summed E-state index contributed by atoms with van der Waals surface area (Å²) in [6.07, 6.45) is 5.32. The van der Waals surface area contributed by atoms with Crippen LogP contribution >= 0.6 is 12.6 Å². The fraction of sp³-hybridized carbons (Fsp3) is 1.00. The van der Waals surface area contributed by atoms with Crippen LogP contribution in [0.3, 0.4) is 0 Å². The normalized spacial score (nSPS) is 24.2. The first-order valence-corrected chi connectivity index (χ1v) is 6.09. The van der Waals surface area contributed by atoms with E-state index < -0.39 is 0 Å². The first kappa shape index (κ1) is 11.3. The van der Waals surface area contributed by atoms with Gasteiger partial charge in [-0.25, -0.2) is 0 Å². The van der Waals surface area contributed by atoms with Gasteiger partial charge in [0.15, 0.2) is 0 Å². The number of rotatable bonds is 5. The van der Waals surface area contributed by atoms with Crippen molar-refractivity contribution in [2.75, 3.05) is 31.9 Å². The van der Waals surface area contributed by atoms with E-state index in [9.17, 15) is 0 Å². The van der Waals surface area contributed by atoms with E-state index in [0.29, 0.717) is 0 Å². The molecule has 0 amide bonds. The summed E-state index contributed by atoms with van der Waals surface area (Å²) in [5.74, 6) is 1.85. The van der Waals surface area contributed by atoms with Crippen molar-refractivity contribution in [1.82, 2.24) is 10.6 Å². The molecule has 2 N–H and O–H groups in total. The largest absolute Gasteiger partial charge is 0.316 e. The molecule has 1 saturated heterocycles. The molecule has 0 aromatic carbocycles. The molecule has 3 heteroatoms. The highest BCUT2D eigenvalue weighted by Gasteiger charge is 2.10. The van der Waals surface area contributed by atoms with Crippen molar-refractivity contribution in [1.29, 1.82) is 0 Å². The second-order valence-electron chi connectivity index (χ2n) is 3.85. The summed E-state index contributed by atoms with van der Waals surface area (Å²) in [6, 6.07) is 0. The Kier molecular flexibility index (Phi) is 6.68. The van der Waals surface area contributed by atoms with Gasteiger partial charge in [0.1, 0.15) is 0 Å². The third-order valence-electron chi connectivity index (χ3n) is 2.59. The van der Waals surface area contributed by atoms with Crippen LogP contribution < -0.4 is 10.6 Å². The number of thiol groups is 1. The van der Waals surface area contributed by atoms with Gasteiger partial charge in [-0.05, 0) is 57.1 Å². The Balaban J connectivity index is 1.98. The van der Waals surface area contributed by atoms with Gasteiger partial charge >= 0.3 is 0 Å². The molecule has 13 heavy (non-hydrogen) atoms. The summed E-state index contributed by atoms with van der Waals surface area (Å²) in [6.45, 7) is 4.72. The van der Waals surface area contributed by atoms with Crippen molar-refractivity contribution in [3.05, 3.63) is 0 Å². The van der Waals surface area contributed by atoms with Crippen molar-refractivity contribution in [3.8, 4) is 0 Å². The Morgan fingerprint density at radius 3 is 3.15 bits per heavy atom. The number of hydrogen-bond acceptors (Lipinski definition) is 3. The first-order chi connectivity index (χ1) is 6.43. The third kappa shape index (κ3) is 5.55. The van der Waals surface area contributed by atoms with Gasteiger partial charge in [-0.1, -0.05) is 6.42 Å². The standard InChI is InChI=1S/C10H22N2S/c13-7-3-6-12-9-10-4-1-2-5-11-8-10/h10-13H,1-9H2. The second kappa shape index (κ2) is 7.65. The van der Waals surface area contributed by atoms with E-state index >= 15 is 0 Å². The van der Waals surface area contributed by atoms with Crippen LogP contribution in [0.4, 0.5) is 0 Å². The Labute approximate surface area is 87.3 Å². The lowest BCUT2D eigenvalue weighted by molar-refractivity contribution is 0.443. The van der Waals surface area contributed by atoms with Crippen LogP contribution in [-0.4, -0.2) is 31.9 Å². The van der Waals surface area contributed by atoms with Crippen LogP contribution in [0.1, 0.15) is 25.7 Å². The Morgan fingerprint density at radius 2 is 2.31 bits per heavy atom. The van der Waals surface area contributed by atoms with Gasteiger partial charge in [-0.15, -0.1) is 0 Å². The molecular formula is C10H22N2S. The van der Waals surface area contributed by atoms with E-state index in [-0.39, 0.29) is 0 Å². The van der Waals surface area contributed by atoms with Crippen LogP contribution in [0.2, 0.25) is 0 Å². The zero-order valence-corrected chi connectivity index (χ0v) is 9.28. The summed E-state index contributed by atoms with van der Waals surface area (Å²) in [5, 5.41) is 6.98. The highest BCUT2D eigenvalue weighted by molar-refractivity contribution is 7.80. The molecule has 78 valence electrons. The van der Waals surface area contributed by atoms with Crippen molar-refractivity contribution in [3.63, 3.8) is 0 Å². The minimum absolute atomic E-state index is 0.849. The summed E-state index contributed by atoms with van der Waals surface area (Å²) < 4.78 is 0. The minimum atomic E-state index is 0.849. The van der Waals surface area contributed by atoms with E-state index in [1.54, 1.807) is 0 Å². The van der Waals surface area contributed by atoms with Gasteiger partial charge in [-0.3, -0.25) is 0 Å². The van der Waals surface area contributed by atoms with E-state index in [0.717, 1.165) is 18.2 Å². The maximum atomic E-state index is 4.19. The quantitative estimate of drug-likeness (QED) is 0.462. The van der Waals surface area contributed by atoms with E-state index in [4.69, 9.17) is 0 Å². The zero-order chi connectivity index (χ0) is 9.36. The van der Waals surface area contributed by atoms with Gasteiger partial charge < -0.3 is 10.6 Å². The van der Waals surface area contributed by atoms with Crippen molar-refractivity contribution in [2.45, 2.75) is 25.7 Å². The molecule has 1 aliphatic rings. The van der Waals surface area contributed by atoms with E-state index in [1.165, 1.54) is 45.3 Å². The molecule has 2 nitrogen and oxygen atoms in total. The van der Waals surface area contributed by atoms with Crippen LogP contribution in [0, 0.1) is 5.92 Å². The maximum Gasteiger partial charge on any atom is -0.000838 e. The molecule has 1 aliphatic heterocycles. The van der Waals surface area contributed by atoms with Gasteiger partial charge in [0.05, 0.1) is 0 Å². The molecule has 0 spiro atoms. The molecule has 0 saturated carbocycles. The molecule has 0 bridgehead atoms. The molecule has 1 heterocycles. The fourth-order valence-electron chi connectivity index (χ4n) is 1.78. The molecule has 0 aromatic rings. The predicted octanol–water partition coefficient (Wildman–Crippen LogP) is 1.29. The van der Waals surface area contributed by atoms with Crippen LogP contribution in [0.15, 0.2) is 0 Å². The monoisotopic (exact) mass is 202 g/mol. The molecule has 1 fully saturated rings. The van der Waals surface area contributed by atoms with Crippen molar-refractivity contribution >= 4 is 12.6 Å². The number of hydrogen-bond donors (Lipinski definition) is 3. The smallest absolute Gasteiger partial charge is 0.000838 e. The molecule has 0 aliphatic carbocycles. The average Bonchev–Trinajstić information content (AvgIpc) is 2.41. The fourth-order valence-corrected chi connectivity index (χ4v) is 1.93. The Hall–Kier alpha value is 0.270. The zero-order valence-electron chi connectivity index (χ0n) is 8.39. The molecule has 0 radical (unpaired) electrons. The molecule has 1 rings (SSSR count). The third-order valence-corrected chi connectivity index (χ3v) is 2.91. The first-order valence-electron chi connectivity index (χ1n) is 5.46. The van der Waals surface area contributed by atoms with Gasteiger partial charge in [0.2, 0.25) is 0 Å². The molecule has 1 unspecified atom stereocenters. The average molecular weight is 202 g/mol. The minimum Gasteiger partial charge on any atom is -0.316 e. The second-order valence-corrected chi connectivity index (χ2v) is 4.29. The summed E-state index contributed by atoms with van der Waals surface area (Å²) in [5.41, 5.74) is 0. The summed E-state index contributed by atoms with van der Waals surface area (Å²) in [7, 11) is 0. The highest BCUT2D eigenvalue weighted by Crippen LogP contribution is 2.09. The lowest BCUT2D eigenvalue weighted by atomic mass is 10.0. The van der Waals surface area contributed by atoms with Gasteiger partial charge in [0, 0.05) is 0 Å². The van der Waals surface area contributed by atoms with Crippen LogP contribution in [-0.2, 0) is 0 Å². The maximum absolute atomic E-state index is 4.19. The SMILES string of the molecule is SCCCNCC1CCCCNC1. The predicted molar refractivity (Wildman–Crippen MR) is 61.6 cm³/mol. The molecule has 1 atom stereocenters. The van der Waals surface area contributed by atoms with Gasteiger partial charge in [-0.2, -0.15) is 12.6 Å². The van der Waals surface area contributed by atoms with Gasteiger partial charge in [0.25, 0.3) is 0 Å².